The van der Waals surface area contributed by atoms with Crippen molar-refractivity contribution in [3.05, 3.63) is 93.1 Å². The number of thiazole rings is 1. The number of rotatable bonds is 5. The van der Waals surface area contributed by atoms with Crippen LogP contribution in [0.15, 0.2) is 65.5 Å². The molecule has 4 rings (SSSR count). The molecule has 12 heteroatoms. The number of halogens is 2. The number of hydrogen-bond acceptors (Lipinski definition) is 7. The molecule has 5 N–H and O–H groups in total. The lowest BCUT2D eigenvalue weighted by Crippen LogP contribution is -2.32. The maximum Gasteiger partial charge on any atom is 0.337 e. The molecule has 0 aliphatic rings. The van der Waals surface area contributed by atoms with Gasteiger partial charge in [-0.2, -0.15) is 0 Å². The average molecular weight is 503 g/mol. The number of nitrogen functional groups attached to an aromatic ring is 1. The Kier molecular flexibility index (Phi) is 7.66. The first-order chi connectivity index (χ1) is 16.2. The number of aromatic carboxylic acids is 1. The fraction of sp³-hybridized carbons (Fsp3) is 0. The second-order valence-electron chi connectivity index (χ2n) is 6.49. The summed E-state index contributed by atoms with van der Waals surface area (Å²) >= 11 is 2.43. The number of hydrogen-bond donors (Lipinski definition) is 3. The van der Waals surface area contributed by atoms with Crippen LogP contribution in [0.25, 0.3) is 0 Å². The Morgan fingerprint density at radius 2 is 1.62 bits per heavy atom. The minimum absolute atomic E-state index is 0.0579. The van der Waals surface area contributed by atoms with E-state index in [2.05, 4.69) is 4.98 Å². The number of thiophene rings is 1. The summed E-state index contributed by atoms with van der Waals surface area (Å²) < 4.78 is 26.1. The molecule has 8 nitrogen and oxygen atoms in total. The van der Waals surface area contributed by atoms with Gasteiger partial charge >= 0.3 is 12.0 Å². The van der Waals surface area contributed by atoms with E-state index in [1.807, 2.05) is 0 Å². The topological polar surface area (TPSA) is 140 Å². The summed E-state index contributed by atoms with van der Waals surface area (Å²) in [4.78, 5) is 40.4. The smallest absolute Gasteiger partial charge is 0.337 e. The van der Waals surface area contributed by atoms with E-state index < -0.39 is 23.6 Å². The third-order valence-corrected chi connectivity index (χ3v) is 5.89. The van der Waals surface area contributed by atoms with Gasteiger partial charge in [0.1, 0.15) is 11.6 Å². The Labute approximate surface area is 199 Å². The molecule has 0 aliphatic carbocycles. The van der Waals surface area contributed by atoms with Crippen molar-refractivity contribution >= 4 is 57.0 Å². The minimum Gasteiger partial charge on any atom is -0.478 e. The molecule has 4 aromatic rings. The number of carboxylic acids is 1. The Balaban J connectivity index is 0.000000248. The van der Waals surface area contributed by atoms with Gasteiger partial charge < -0.3 is 16.6 Å². The first-order valence-electron chi connectivity index (χ1n) is 9.34. The standard InChI is InChI=1S/C15H10FN3O2S2.C7H6FNO2/c16-9-3-4-10(13(20)12-2-1-6-22-12)11(8-9)19(14(17)21)15-18-5-7-23-15;8-4-1-2-5(7(10)11)6(9)3-4/h1-8H,(H2,17,21);1-3H,9H2,(H,10,11). The van der Waals surface area contributed by atoms with E-state index in [0.29, 0.717) is 4.88 Å². The number of primary amides is 1. The molecule has 2 aromatic carbocycles. The van der Waals surface area contributed by atoms with Gasteiger partial charge in [-0.05, 0) is 47.8 Å². The molecule has 0 radical (unpaired) electrons. The number of carbonyl (C=O) groups excluding carboxylic acids is 2. The average Bonchev–Trinajstić information content (AvgIpc) is 3.48. The molecule has 0 saturated carbocycles. The number of nitrogens with zero attached hydrogens (tertiary/aromatic N) is 2. The predicted octanol–water partition coefficient (Wildman–Crippen LogP) is 4.90. The van der Waals surface area contributed by atoms with Crippen LogP contribution in [-0.2, 0) is 0 Å². The molecule has 0 aliphatic heterocycles. The van der Waals surface area contributed by atoms with Crippen LogP contribution < -0.4 is 16.4 Å². The van der Waals surface area contributed by atoms with Gasteiger partial charge in [0.15, 0.2) is 5.13 Å². The van der Waals surface area contributed by atoms with Crippen molar-refractivity contribution in [1.82, 2.24) is 4.98 Å². The molecule has 0 spiro atoms. The zero-order valence-corrected chi connectivity index (χ0v) is 18.8. The third-order valence-electron chi connectivity index (χ3n) is 4.27. The van der Waals surface area contributed by atoms with Crippen LogP contribution in [0.5, 0.6) is 0 Å². The number of carboxylic acid groups (broad SMARTS) is 1. The Morgan fingerprint density at radius 1 is 0.941 bits per heavy atom. The van der Waals surface area contributed by atoms with Gasteiger partial charge in [-0.25, -0.2) is 28.3 Å². The first kappa shape index (κ1) is 24.5. The molecular weight excluding hydrogens is 486 g/mol. The second-order valence-corrected chi connectivity index (χ2v) is 8.31. The molecule has 2 aromatic heterocycles. The van der Waals surface area contributed by atoms with Crippen molar-refractivity contribution in [1.29, 1.82) is 0 Å². The van der Waals surface area contributed by atoms with E-state index in [-0.39, 0.29) is 33.4 Å². The summed E-state index contributed by atoms with van der Waals surface area (Å²) in [6.45, 7) is 0. The molecular formula is C22H16F2N4O4S2. The first-order valence-corrected chi connectivity index (χ1v) is 11.1. The number of urea groups is 1. The van der Waals surface area contributed by atoms with Crippen LogP contribution in [0.1, 0.15) is 25.6 Å². The lowest BCUT2D eigenvalue weighted by atomic mass is 10.1. The molecule has 2 amide bonds. The molecule has 0 unspecified atom stereocenters. The number of carbonyl (C=O) groups is 3. The molecule has 34 heavy (non-hydrogen) atoms. The fourth-order valence-electron chi connectivity index (χ4n) is 2.79. The van der Waals surface area contributed by atoms with Crippen molar-refractivity contribution in [3.8, 4) is 0 Å². The van der Waals surface area contributed by atoms with Crippen LogP contribution >= 0.6 is 22.7 Å². The molecule has 0 fully saturated rings. The third kappa shape index (κ3) is 5.60. The van der Waals surface area contributed by atoms with Gasteiger partial charge in [-0.1, -0.05) is 6.07 Å². The van der Waals surface area contributed by atoms with Crippen LogP contribution in [0.3, 0.4) is 0 Å². The van der Waals surface area contributed by atoms with Gasteiger partial charge in [-0.3, -0.25) is 4.79 Å². The zero-order chi connectivity index (χ0) is 24.8. The number of anilines is 3. The van der Waals surface area contributed by atoms with E-state index in [1.54, 1.807) is 22.9 Å². The summed E-state index contributed by atoms with van der Waals surface area (Å²) in [5.41, 5.74) is 10.7. The Hall–Kier alpha value is -4.16. The normalized spacial score (nSPS) is 10.2. The number of aromatic nitrogens is 1. The SMILES string of the molecule is NC(=O)N(c1nccs1)c1cc(F)ccc1C(=O)c1cccs1.Nc1cc(F)ccc1C(=O)O. The van der Waals surface area contributed by atoms with E-state index in [0.717, 1.165) is 40.5 Å². The predicted molar refractivity (Wildman–Crippen MR) is 126 cm³/mol. The maximum atomic E-state index is 13.7. The summed E-state index contributed by atoms with van der Waals surface area (Å²) in [6, 6.07) is 9.35. The van der Waals surface area contributed by atoms with E-state index in [4.69, 9.17) is 16.6 Å². The summed E-state index contributed by atoms with van der Waals surface area (Å²) in [6.07, 6.45) is 1.50. The fourth-order valence-corrected chi connectivity index (χ4v) is 4.13. The highest BCUT2D eigenvalue weighted by atomic mass is 32.1. The highest BCUT2D eigenvalue weighted by molar-refractivity contribution is 7.14. The van der Waals surface area contributed by atoms with E-state index in [1.165, 1.54) is 29.7 Å². The van der Waals surface area contributed by atoms with Gasteiger partial charge in [0.05, 0.1) is 16.1 Å². The number of nitrogens with two attached hydrogens (primary N) is 2. The highest BCUT2D eigenvalue weighted by Crippen LogP contribution is 2.32. The Morgan fingerprint density at radius 3 is 2.15 bits per heavy atom. The molecule has 174 valence electrons. The largest absolute Gasteiger partial charge is 0.478 e. The maximum absolute atomic E-state index is 13.7. The molecule has 0 saturated heterocycles. The van der Waals surface area contributed by atoms with Crippen LogP contribution in [0.2, 0.25) is 0 Å². The summed E-state index contributed by atoms with van der Waals surface area (Å²) in [5.74, 6) is -2.57. The van der Waals surface area contributed by atoms with Gasteiger partial charge in [0, 0.05) is 22.8 Å². The van der Waals surface area contributed by atoms with E-state index >= 15 is 0 Å². The monoisotopic (exact) mass is 502 g/mol. The van der Waals surface area contributed by atoms with Crippen molar-refractivity contribution in [2.24, 2.45) is 5.73 Å². The number of amides is 2. The summed E-state index contributed by atoms with van der Waals surface area (Å²) in [7, 11) is 0. The number of benzene rings is 2. The molecule has 0 atom stereocenters. The zero-order valence-electron chi connectivity index (χ0n) is 17.1. The molecule has 2 heterocycles. The van der Waals surface area contributed by atoms with Crippen LogP contribution in [-0.4, -0.2) is 27.9 Å². The van der Waals surface area contributed by atoms with Gasteiger partial charge in [-0.15, -0.1) is 22.7 Å². The summed E-state index contributed by atoms with van der Waals surface area (Å²) in [5, 5.41) is 12.1. The lowest BCUT2D eigenvalue weighted by Gasteiger charge is -2.20. The van der Waals surface area contributed by atoms with Gasteiger partial charge in [0.25, 0.3) is 0 Å². The lowest BCUT2D eigenvalue weighted by molar-refractivity contribution is 0.0697. The second kappa shape index (κ2) is 10.6. The quantitative estimate of drug-likeness (QED) is 0.262. The van der Waals surface area contributed by atoms with Crippen LogP contribution in [0, 0.1) is 11.6 Å². The highest BCUT2D eigenvalue weighted by Gasteiger charge is 2.25. The minimum atomic E-state index is -1.15. The van der Waals surface area contributed by atoms with Gasteiger partial charge in [0.2, 0.25) is 5.78 Å². The van der Waals surface area contributed by atoms with Crippen molar-refractivity contribution in [2.75, 3.05) is 10.6 Å². The van der Waals surface area contributed by atoms with Crippen molar-refractivity contribution in [2.45, 2.75) is 0 Å². The van der Waals surface area contributed by atoms with Crippen LogP contribution in [0.4, 0.5) is 30.1 Å². The van der Waals surface area contributed by atoms with E-state index in [9.17, 15) is 23.2 Å². The van der Waals surface area contributed by atoms with Crippen molar-refractivity contribution in [3.63, 3.8) is 0 Å². The number of ketones is 1. The molecule has 0 bridgehead atoms. The van der Waals surface area contributed by atoms with Crippen molar-refractivity contribution < 1.29 is 28.3 Å². The Bertz CT molecular complexity index is 1330.